The molecule has 0 aliphatic heterocycles. The van der Waals surface area contributed by atoms with Crippen molar-refractivity contribution in [3.63, 3.8) is 0 Å². The highest BCUT2D eigenvalue weighted by Crippen LogP contribution is 2.26. The van der Waals surface area contributed by atoms with Crippen LogP contribution in [0.15, 0.2) is 30.6 Å². The number of aromatic nitrogens is 2. The molecule has 2 rings (SSSR count). The van der Waals surface area contributed by atoms with E-state index in [9.17, 15) is 0 Å². The summed E-state index contributed by atoms with van der Waals surface area (Å²) in [6.45, 7) is 0.536. The summed E-state index contributed by atoms with van der Waals surface area (Å²) in [5.41, 5.74) is 6.23. The van der Waals surface area contributed by atoms with Crippen LogP contribution in [0.2, 0.25) is 5.02 Å². The van der Waals surface area contributed by atoms with E-state index in [1.54, 1.807) is 24.4 Å². The van der Waals surface area contributed by atoms with E-state index in [-0.39, 0.29) is 0 Å². The molecule has 90 valence electrons. The third-order valence-corrected chi connectivity index (χ3v) is 2.76. The Balaban J connectivity index is 1.92. The number of hydrogen-bond acceptors (Lipinski definition) is 3. The second-order valence-corrected chi connectivity index (χ2v) is 4.15. The minimum absolute atomic E-state index is 0.532. The minimum atomic E-state index is 0.532. The average Bonchev–Trinajstić information content (AvgIpc) is 2.68. The lowest BCUT2D eigenvalue weighted by Crippen LogP contribution is -2.06. The Bertz CT molecular complexity index is 510. The summed E-state index contributed by atoms with van der Waals surface area (Å²) in [6.07, 6.45) is 4.42. The van der Waals surface area contributed by atoms with Crippen LogP contribution in [0.5, 0.6) is 5.75 Å². The molecule has 0 saturated heterocycles. The highest BCUT2D eigenvalue weighted by Gasteiger charge is 2.03. The number of ether oxygens (including phenoxy) is 1. The van der Waals surface area contributed by atoms with E-state index in [4.69, 9.17) is 22.1 Å². The van der Waals surface area contributed by atoms with Crippen molar-refractivity contribution in [1.82, 2.24) is 9.55 Å². The predicted octanol–water partition coefficient (Wildman–Crippen LogP) is 2.28. The maximum Gasteiger partial charge on any atom is 0.138 e. The van der Waals surface area contributed by atoms with Crippen LogP contribution in [-0.2, 0) is 13.5 Å². The lowest BCUT2D eigenvalue weighted by molar-refractivity contribution is 0.318. The first kappa shape index (κ1) is 11.8. The van der Waals surface area contributed by atoms with Crippen molar-refractivity contribution in [1.29, 1.82) is 0 Å². The van der Waals surface area contributed by atoms with Crippen LogP contribution < -0.4 is 10.5 Å². The SMILES string of the molecule is Cn1ccnc1CCOc1ccc(N)cc1Cl. The molecule has 0 saturated carbocycles. The summed E-state index contributed by atoms with van der Waals surface area (Å²) >= 11 is 6.00. The van der Waals surface area contributed by atoms with Gasteiger partial charge in [0.2, 0.25) is 0 Å². The highest BCUT2D eigenvalue weighted by atomic mass is 35.5. The lowest BCUT2D eigenvalue weighted by atomic mass is 10.3. The zero-order chi connectivity index (χ0) is 12.3. The first-order valence-corrected chi connectivity index (χ1v) is 5.68. The summed E-state index contributed by atoms with van der Waals surface area (Å²) in [7, 11) is 1.96. The van der Waals surface area contributed by atoms with E-state index < -0.39 is 0 Å². The van der Waals surface area contributed by atoms with E-state index in [0.29, 0.717) is 23.1 Å². The van der Waals surface area contributed by atoms with Gasteiger partial charge in [-0.3, -0.25) is 0 Å². The number of halogens is 1. The number of rotatable bonds is 4. The van der Waals surface area contributed by atoms with E-state index in [1.807, 2.05) is 17.8 Å². The van der Waals surface area contributed by atoms with Gasteiger partial charge in [0, 0.05) is 31.5 Å². The van der Waals surface area contributed by atoms with E-state index >= 15 is 0 Å². The molecule has 5 heteroatoms. The molecule has 0 amide bonds. The van der Waals surface area contributed by atoms with Gasteiger partial charge in [-0.05, 0) is 18.2 Å². The van der Waals surface area contributed by atoms with Crippen molar-refractivity contribution in [2.75, 3.05) is 12.3 Å². The van der Waals surface area contributed by atoms with Crippen molar-refractivity contribution < 1.29 is 4.74 Å². The van der Waals surface area contributed by atoms with Crippen molar-refractivity contribution in [3.05, 3.63) is 41.4 Å². The van der Waals surface area contributed by atoms with Crippen molar-refractivity contribution in [2.24, 2.45) is 7.05 Å². The Morgan fingerprint density at radius 1 is 1.47 bits per heavy atom. The van der Waals surface area contributed by atoms with Crippen LogP contribution >= 0.6 is 11.6 Å². The summed E-state index contributed by atoms with van der Waals surface area (Å²) in [5.74, 6) is 1.63. The Morgan fingerprint density at radius 3 is 2.94 bits per heavy atom. The summed E-state index contributed by atoms with van der Waals surface area (Å²) < 4.78 is 7.55. The number of hydrogen-bond donors (Lipinski definition) is 1. The standard InChI is InChI=1S/C12H14ClN3O/c1-16-6-5-15-12(16)4-7-17-11-3-2-9(14)8-10(11)13/h2-3,5-6,8H,4,7,14H2,1H3. The summed E-state index contributed by atoms with van der Waals surface area (Å²) in [6, 6.07) is 5.22. The third kappa shape index (κ3) is 2.91. The fraction of sp³-hybridized carbons (Fsp3) is 0.250. The van der Waals surface area contributed by atoms with Crippen LogP contribution in [0.3, 0.4) is 0 Å². The molecule has 17 heavy (non-hydrogen) atoms. The Morgan fingerprint density at radius 2 is 2.29 bits per heavy atom. The molecule has 0 spiro atoms. The van der Waals surface area contributed by atoms with E-state index in [1.165, 1.54) is 0 Å². The van der Waals surface area contributed by atoms with Crippen LogP contribution in [0.1, 0.15) is 5.82 Å². The maximum atomic E-state index is 6.00. The number of aryl methyl sites for hydroxylation is 1. The van der Waals surface area contributed by atoms with Gasteiger partial charge in [0.1, 0.15) is 11.6 Å². The summed E-state index contributed by atoms with van der Waals surface area (Å²) in [5, 5.41) is 0.532. The molecule has 0 radical (unpaired) electrons. The molecule has 2 N–H and O–H groups in total. The van der Waals surface area contributed by atoms with Gasteiger partial charge in [-0.15, -0.1) is 0 Å². The van der Waals surface area contributed by atoms with Crippen LogP contribution in [0.25, 0.3) is 0 Å². The molecule has 0 bridgehead atoms. The largest absolute Gasteiger partial charge is 0.492 e. The molecule has 1 heterocycles. The molecule has 1 aromatic carbocycles. The summed E-state index contributed by atoms with van der Waals surface area (Å²) in [4.78, 5) is 4.21. The van der Waals surface area contributed by atoms with Gasteiger partial charge in [-0.2, -0.15) is 0 Å². The van der Waals surface area contributed by atoms with Crippen molar-refractivity contribution >= 4 is 17.3 Å². The highest BCUT2D eigenvalue weighted by molar-refractivity contribution is 6.32. The molecule has 1 aromatic heterocycles. The van der Waals surface area contributed by atoms with Gasteiger partial charge in [0.05, 0.1) is 11.6 Å². The smallest absolute Gasteiger partial charge is 0.138 e. The molecule has 0 unspecified atom stereocenters. The topological polar surface area (TPSA) is 53.1 Å². The normalized spacial score (nSPS) is 10.5. The van der Waals surface area contributed by atoms with Crippen molar-refractivity contribution in [2.45, 2.75) is 6.42 Å². The quantitative estimate of drug-likeness (QED) is 0.849. The average molecular weight is 252 g/mol. The van der Waals surface area contributed by atoms with Gasteiger partial charge in [0.15, 0.2) is 0 Å². The van der Waals surface area contributed by atoms with Gasteiger partial charge in [0.25, 0.3) is 0 Å². The van der Waals surface area contributed by atoms with Gasteiger partial charge in [-0.1, -0.05) is 11.6 Å². The third-order valence-electron chi connectivity index (χ3n) is 2.46. The van der Waals surface area contributed by atoms with Crippen molar-refractivity contribution in [3.8, 4) is 5.75 Å². The van der Waals surface area contributed by atoms with Gasteiger partial charge in [-0.25, -0.2) is 4.98 Å². The van der Waals surface area contributed by atoms with Gasteiger partial charge < -0.3 is 15.0 Å². The van der Waals surface area contributed by atoms with E-state index in [0.717, 1.165) is 12.2 Å². The maximum absolute atomic E-state index is 6.00. The molecule has 0 aliphatic rings. The zero-order valence-corrected chi connectivity index (χ0v) is 10.3. The number of nitrogen functional groups attached to an aromatic ring is 1. The zero-order valence-electron chi connectivity index (χ0n) is 9.56. The van der Waals surface area contributed by atoms with Crippen LogP contribution in [-0.4, -0.2) is 16.2 Å². The Hall–Kier alpha value is -1.68. The number of nitrogens with zero attached hydrogens (tertiary/aromatic N) is 2. The molecule has 0 fully saturated rings. The van der Waals surface area contributed by atoms with Gasteiger partial charge >= 0.3 is 0 Å². The first-order valence-electron chi connectivity index (χ1n) is 5.31. The fourth-order valence-corrected chi connectivity index (χ4v) is 1.77. The molecular formula is C12H14ClN3O. The van der Waals surface area contributed by atoms with Crippen LogP contribution in [0.4, 0.5) is 5.69 Å². The second kappa shape index (κ2) is 5.10. The molecule has 0 aliphatic carbocycles. The first-order chi connectivity index (χ1) is 8.16. The number of imidazole rings is 1. The fourth-order valence-electron chi connectivity index (χ4n) is 1.52. The van der Waals surface area contributed by atoms with Crippen LogP contribution in [0, 0.1) is 0 Å². The Kier molecular flexibility index (Phi) is 3.54. The Labute approximate surface area is 105 Å². The monoisotopic (exact) mass is 251 g/mol. The molecule has 0 atom stereocenters. The van der Waals surface area contributed by atoms with E-state index in [2.05, 4.69) is 4.98 Å². The molecule has 2 aromatic rings. The molecular weight excluding hydrogens is 238 g/mol. The minimum Gasteiger partial charge on any atom is -0.492 e. The number of benzene rings is 1. The number of nitrogens with two attached hydrogens (primary N) is 1. The number of anilines is 1. The lowest BCUT2D eigenvalue weighted by Gasteiger charge is -2.08. The second-order valence-electron chi connectivity index (χ2n) is 3.74. The predicted molar refractivity (Wildman–Crippen MR) is 68.3 cm³/mol. The molecule has 4 nitrogen and oxygen atoms in total.